The van der Waals surface area contributed by atoms with Crippen molar-refractivity contribution in [2.45, 2.75) is 20.4 Å². The van der Waals surface area contributed by atoms with Gasteiger partial charge in [0.15, 0.2) is 17.1 Å². The van der Waals surface area contributed by atoms with Crippen LogP contribution in [0.2, 0.25) is 0 Å². The SMILES string of the molecule is Cc1nn(Cc2ccc(-c3nc4c5cnn(-c6ccccc6)c5ncn4n3)o2)c(C)c1[N+](=O)[O-]. The molecular formula is C22H17N9O3. The molecule has 6 aromatic rings. The average Bonchev–Trinajstić information content (AvgIpc) is 3.59. The zero-order chi connectivity index (χ0) is 23.4. The summed E-state index contributed by atoms with van der Waals surface area (Å²) < 4.78 is 10.8. The molecule has 0 aliphatic heterocycles. The number of furan rings is 1. The lowest BCUT2D eigenvalue weighted by atomic mass is 10.3. The van der Waals surface area contributed by atoms with Crippen LogP contribution in [0.1, 0.15) is 17.1 Å². The summed E-state index contributed by atoms with van der Waals surface area (Å²) in [4.78, 5) is 20.0. The van der Waals surface area contributed by atoms with Crippen molar-refractivity contribution in [3.63, 3.8) is 0 Å². The van der Waals surface area contributed by atoms with Crippen LogP contribution in [0.3, 0.4) is 0 Å². The van der Waals surface area contributed by atoms with Crippen LogP contribution in [0.5, 0.6) is 0 Å². The number of hydrogen-bond acceptors (Lipinski definition) is 8. The third-order valence-corrected chi connectivity index (χ3v) is 5.62. The molecule has 0 atom stereocenters. The Labute approximate surface area is 191 Å². The van der Waals surface area contributed by atoms with Gasteiger partial charge in [0.1, 0.15) is 23.5 Å². The monoisotopic (exact) mass is 455 g/mol. The van der Waals surface area contributed by atoms with E-state index < -0.39 is 4.92 Å². The van der Waals surface area contributed by atoms with Gasteiger partial charge in [-0.1, -0.05) is 18.2 Å². The smallest absolute Gasteiger partial charge is 0.312 e. The summed E-state index contributed by atoms with van der Waals surface area (Å²) in [5, 5.41) is 25.2. The molecule has 1 aromatic carbocycles. The van der Waals surface area contributed by atoms with E-state index in [-0.39, 0.29) is 12.2 Å². The van der Waals surface area contributed by atoms with Crippen molar-refractivity contribution in [3.8, 4) is 17.3 Å². The highest BCUT2D eigenvalue weighted by Crippen LogP contribution is 2.26. The summed E-state index contributed by atoms with van der Waals surface area (Å²) in [7, 11) is 0. The Bertz CT molecular complexity index is 1690. The normalized spacial score (nSPS) is 11.6. The molecule has 12 nitrogen and oxygen atoms in total. The third kappa shape index (κ3) is 3.03. The predicted molar refractivity (Wildman–Crippen MR) is 121 cm³/mol. The molecular weight excluding hydrogens is 438 g/mol. The highest BCUT2D eigenvalue weighted by molar-refractivity contribution is 5.89. The standard InChI is InChI=1S/C22H17N9O3/c1-13-19(31(32)33)14(2)28(26-13)11-16-8-9-18(34-16)20-25-22-17-10-24-30(15-6-4-3-5-7-15)21(17)23-12-29(22)27-20/h3-10,12H,11H2,1-2H3. The minimum Gasteiger partial charge on any atom is -0.456 e. The van der Waals surface area contributed by atoms with Crippen LogP contribution < -0.4 is 0 Å². The second-order valence-electron chi connectivity index (χ2n) is 7.78. The zero-order valence-electron chi connectivity index (χ0n) is 18.2. The fourth-order valence-corrected chi connectivity index (χ4v) is 4.02. The molecule has 6 rings (SSSR count). The summed E-state index contributed by atoms with van der Waals surface area (Å²) in [6, 6.07) is 13.3. The zero-order valence-corrected chi connectivity index (χ0v) is 18.2. The summed E-state index contributed by atoms with van der Waals surface area (Å²) in [5.41, 5.74) is 3.02. The van der Waals surface area contributed by atoms with Gasteiger partial charge in [0, 0.05) is 0 Å². The van der Waals surface area contributed by atoms with Gasteiger partial charge in [0.05, 0.1) is 28.7 Å². The molecule has 0 radical (unpaired) electrons. The fraction of sp³-hybridized carbons (Fsp3) is 0.136. The van der Waals surface area contributed by atoms with Gasteiger partial charge < -0.3 is 4.42 Å². The van der Waals surface area contributed by atoms with Crippen molar-refractivity contribution in [2.24, 2.45) is 0 Å². The summed E-state index contributed by atoms with van der Waals surface area (Å²) in [5.74, 6) is 1.44. The van der Waals surface area contributed by atoms with Gasteiger partial charge in [-0.2, -0.15) is 10.2 Å². The Morgan fingerprint density at radius 3 is 2.65 bits per heavy atom. The van der Waals surface area contributed by atoms with Crippen LogP contribution in [0.25, 0.3) is 34.0 Å². The fourth-order valence-electron chi connectivity index (χ4n) is 4.02. The molecule has 0 saturated carbocycles. The van der Waals surface area contributed by atoms with Crippen molar-refractivity contribution in [1.82, 2.24) is 39.1 Å². The molecule has 168 valence electrons. The second-order valence-corrected chi connectivity index (χ2v) is 7.78. The van der Waals surface area contributed by atoms with Crippen LogP contribution in [0.15, 0.2) is 59.4 Å². The van der Waals surface area contributed by atoms with Crippen LogP contribution in [-0.4, -0.2) is 44.1 Å². The number of nitrogens with zero attached hydrogens (tertiary/aromatic N) is 9. The first kappa shape index (κ1) is 19.8. The summed E-state index contributed by atoms with van der Waals surface area (Å²) in [6.07, 6.45) is 3.31. The van der Waals surface area contributed by atoms with Gasteiger partial charge in [0.25, 0.3) is 0 Å². The first-order chi connectivity index (χ1) is 16.5. The maximum Gasteiger partial charge on any atom is 0.312 e. The second kappa shape index (κ2) is 7.33. The molecule has 0 N–H and O–H groups in total. The van der Waals surface area contributed by atoms with E-state index in [1.807, 2.05) is 30.3 Å². The van der Waals surface area contributed by atoms with E-state index in [1.54, 1.807) is 52.4 Å². The van der Waals surface area contributed by atoms with Crippen molar-refractivity contribution in [2.75, 3.05) is 0 Å². The number of nitro groups is 1. The van der Waals surface area contributed by atoms with Gasteiger partial charge in [-0.3, -0.25) is 14.8 Å². The Hall–Kier alpha value is -4.87. The van der Waals surface area contributed by atoms with E-state index in [2.05, 4.69) is 25.3 Å². The Balaban J connectivity index is 1.35. The molecule has 0 spiro atoms. The summed E-state index contributed by atoms with van der Waals surface area (Å²) in [6.45, 7) is 3.54. The van der Waals surface area contributed by atoms with E-state index in [9.17, 15) is 10.1 Å². The molecule has 5 aromatic heterocycles. The van der Waals surface area contributed by atoms with Crippen molar-refractivity contribution in [1.29, 1.82) is 0 Å². The van der Waals surface area contributed by atoms with Gasteiger partial charge in [-0.05, 0) is 38.1 Å². The quantitative estimate of drug-likeness (QED) is 0.285. The average molecular weight is 455 g/mol. The minimum atomic E-state index is -0.420. The number of para-hydroxylation sites is 1. The van der Waals surface area contributed by atoms with Gasteiger partial charge in [0.2, 0.25) is 5.82 Å². The first-order valence-corrected chi connectivity index (χ1v) is 10.4. The molecule has 34 heavy (non-hydrogen) atoms. The Morgan fingerprint density at radius 1 is 1.06 bits per heavy atom. The van der Waals surface area contributed by atoms with Crippen LogP contribution >= 0.6 is 0 Å². The molecule has 0 amide bonds. The van der Waals surface area contributed by atoms with Crippen LogP contribution in [-0.2, 0) is 6.54 Å². The molecule has 0 unspecified atom stereocenters. The maximum atomic E-state index is 11.3. The number of rotatable bonds is 5. The number of aromatic nitrogens is 8. The molecule has 0 fully saturated rings. The Kier molecular flexibility index (Phi) is 4.27. The molecule has 0 saturated heterocycles. The van der Waals surface area contributed by atoms with Crippen molar-refractivity contribution < 1.29 is 9.34 Å². The van der Waals surface area contributed by atoms with Gasteiger partial charge in [-0.15, -0.1) is 5.10 Å². The number of benzene rings is 1. The predicted octanol–water partition coefficient (Wildman–Crippen LogP) is 3.49. The van der Waals surface area contributed by atoms with Crippen molar-refractivity contribution in [3.05, 3.63) is 82.3 Å². The highest BCUT2D eigenvalue weighted by atomic mass is 16.6. The van der Waals surface area contributed by atoms with Crippen LogP contribution in [0, 0.1) is 24.0 Å². The van der Waals surface area contributed by atoms with E-state index in [0.717, 1.165) is 11.1 Å². The number of fused-ring (bicyclic) bond motifs is 3. The van der Waals surface area contributed by atoms with Gasteiger partial charge in [-0.25, -0.2) is 19.2 Å². The Morgan fingerprint density at radius 2 is 1.88 bits per heavy atom. The van der Waals surface area contributed by atoms with E-state index in [0.29, 0.717) is 40.0 Å². The number of aryl methyl sites for hydroxylation is 1. The molecule has 0 aliphatic rings. The van der Waals surface area contributed by atoms with E-state index in [4.69, 9.17) is 4.42 Å². The minimum absolute atomic E-state index is 0.0152. The maximum absolute atomic E-state index is 11.3. The lowest BCUT2D eigenvalue weighted by Gasteiger charge is -2.01. The molecule has 5 heterocycles. The van der Waals surface area contributed by atoms with E-state index >= 15 is 0 Å². The lowest BCUT2D eigenvalue weighted by Crippen LogP contribution is -2.03. The van der Waals surface area contributed by atoms with E-state index in [1.165, 1.54) is 0 Å². The molecule has 12 heteroatoms. The summed E-state index contributed by atoms with van der Waals surface area (Å²) >= 11 is 0. The largest absolute Gasteiger partial charge is 0.456 e. The topological polar surface area (TPSA) is 135 Å². The van der Waals surface area contributed by atoms with Crippen LogP contribution in [0.4, 0.5) is 5.69 Å². The number of hydrogen-bond donors (Lipinski definition) is 0. The third-order valence-electron chi connectivity index (χ3n) is 5.62. The lowest BCUT2D eigenvalue weighted by molar-refractivity contribution is -0.386. The van der Waals surface area contributed by atoms with Gasteiger partial charge >= 0.3 is 5.69 Å². The first-order valence-electron chi connectivity index (χ1n) is 10.4. The molecule has 0 bridgehead atoms. The van der Waals surface area contributed by atoms with Crippen molar-refractivity contribution >= 4 is 22.4 Å². The highest BCUT2D eigenvalue weighted by Gasteiger charge is 2.23. The molecule has 0 aliphatic carbocycles.